The molecule has 250 valence electrons. The fourth-order valence-electron chi connectivity index (χ4n) is 9.47. The van der Waals surface area contributed by atoms with Crippen molar-refractivity contribution in [3.63, 3.8) is 0 Å². The van der Waals surface area contributed by atoms with Crippen molar-refractivity contribution in [1.29, 1.82) is 0 Å². The molecule has 0 atom stereocenters. The molecule has 0 fully saturated rings. The normalized spacial score (nSPS) is 13.5. The first-order valence-corrected chi connectivity index (χ1v) is 18.7. The van der Waals surface area contributed by atoms with Crippen molar-refractivity contribution in [2.24, 2.45) is 0 Å². The number of fused-ring (bicyclic) bond motifs is 11. The molecule has 0 unspecified atom stereocenters. The predicted molar refractivity (Wildman–Crippen MR) is 223 cm³/mol. The maximum Gasteiger partial charge on any atom is 0.0541 e. The van der Waals surface area contributed by atoms with Crippen LogP contribution in [0, 0.1) is 0 Å². The highest BCUT2D eigenvalue weighted by molar-refractivity contribution is 6.10. The van der Waals surface area contributed by atoms with Gasteiger partial charge in [-0.2, -0.15) is 0 Å². The minimum absolute atomic E-state index is 0.0247. The third-order valence-corrected chi connectivity index (χ3v) is 12.0. The van der Waals surface area contributed by atoms with Crippen LogP contribution in [0.2, 0.25) is 0 Å². The van der Waals surface area contributed by atoms with Gasteiger partial charge in [0.05, 0.1) is 11.0 Å². The maximum atomic E-state index is 2.46. The van der Waals surface area contributed by atoms with Gasteiger partial charge in [0.15, 0.2) is 0 Å². The maximum absolute atomic E-state index is 2.46. The summed E-state index contributed by atoms with van der Waals surface area (Å²) in [7, 11) is 0. The van der Waals surface area contributed by atoms with Gasteiger partial charge < -0.3 is 4.57 Å². The molecule has 0 N–H and O–H groups in total. The van der Waals surface area contributed by atoms with Crippen LogP contribution in [0.4, 0.5) is 0 Å². The van der Waals surface area contributed by atoms with Gasteiger partial charge in [0, 0.05) is 21.9 Å². The number of para-hydroxylation sites is 2. The Balaban J connectivity index is 1.04. The van der Waals surface area contributed by atoms with Gasteiger partial charge in [-0.1, -0.05) is 147 Å². The molecule has 9 aromatic rings. The Morgan fingerprint density at radius 1 is 0.396 bits per heavy atom. The third-order valence-electron chi connectivity index (χ3n) is 12.0. The highest BCUT2D eigenvalue weighted by Crippen LogP contribution is 2.53. The second kappa shape index (κ2) is 11.3. The van der Waals surface area contributed by atoms with Crippen LogP contribution in [-0.4, -0.2) is 4.57 Å². The fraction of sp³-hybridized carbons (Fsp3) is 0.0769. The van der Waals surface area contributed by atoms with Crippen molar-refractivity contribution in [1.82, 2.24) is 4.57 Å². The molecule has 2 aliphatic carbocycles. The van der Waals surface area contributed by atoms with E-state index in [1.54, 1.807) is 0 Å². The van der Waals surface area contributed by atoms with E-state index in [0.717, 1.165) is 6.42 Å². The molecule has 0 bridgehead atoms. The number of hydrogen-bond acceptors (Lipinski definition) is 0. The van der Waals surface area contributed by atoms with Crippen LogP contribution in [0.1, 0.15) is 36.1 Å². The first-order chi connectivity index (χ1) is 26.0. The summed E-state index contributed by atoms with van der Waals surface area (Å²) in [6.07, 6.45) is 0.895. The van der Waals surface area contributed by atoms with Crippen LogP contribution in [-0.2, 0) is 11.8 Å². The standard InChI is InChI=1S/C52H37N/c1-52(2)47-20-10-8-18-43(47)51-39(19-12-21-48(51)52)37-26-25-36-29-35-24-23-33(30-44(35)40-15-6-7-16-41(40)45(36)32-37)34-27-28-50-46(31-34)42-17-9-11-22-49(42)53(50)38-13-4-3-5-14-38/h3-28,30-32H,29H2,1-2H3. The number of aromatic nitrogens is 1. The Morgan fingerprint density at radius 2 is 0.962 bits per heavy atom. The van der Waals surface area contributed by atoms with E-state index in [1.807, 2.05) is 0 Å². The Hall–Kier alpha value is -6.44. The van der Waals surface area contributed by atoms with Crippen molar-refractivity contribution in [2.45, 2.75) is 25.7 Å². The Labute approximate surface area is 310 Å². The van der Waals surface area contributed by atoms with Crippen LogP contribution in [0.3, 0.4) is 0 Å². The summed E-state index contributed by atoms with van der Waals surface area (Å²) in [4.78, 5) is 0. The van der Waals surface area contributed by atoms with E-state index in [4.69, 9.17) is 0 Å². The molecule has 0 radical (unpaired) electrons. The van der Waals surface area contributed by atoms with Crippen LogP contribution in [0.25, 0.3) is 83.1 Å². The lowest BCUT2D eigenvalue weighted by molar-refractivity contribution is 0.660. The summed E-state index contributed by atoms with van der Waals surface area (Å²) in [5, 5.41) is 2.55. The van der Waals surface area contributed by atoms with Gasteiger partial charge in [0.25, 0.3) is 0 Å². The van der Waals surface area contributed by atoms with Crippen molar-refractivity contribution in [2.75, 3.05) is 0 Å². The highest BCUT2D eigenvalue weighted by Gasteiger charge is 2.36. The molecule has 0 spiro atoms. The van der Waals surface area contributed by atoms with E-state index in [9.17, 15) is 0 Å². The smallest absolute Gasteiger partial charge is 0.0541 e. The first-order valence-electron chi connectivity index (χ1n) is 18.7. The lowest BCUT2D eigenvalue weighted by Gasteiger charge is -2.21. The van der Waals surface area contributed by atoms with Crippen molar-refractivity contribution in [3.05, 3.63) is 198 Å². The summed E-state index contributed by atoms with van der Waals surface area (Å²) in [5.41, 5.74) is 22.2. The monoisotopic (exact) mass is 675 g/mol. The topological polar surface area (TPSA) is 4.93 Å². The zero-order valence-corrected chi connectivity index (χ0v) is 29.9. The minimum atomic E-state index is -0.0247. The molecule has 1 aromatic heterocycles. The van der Waals surface area contributed by atoms with Crippen molar-refractivity contribution in [3.8, 4) is 61.3 Å². The van der Waals surface area contributed by atoms with Gasteiger partial charge in [-0.05, 0) is 127 Å². The van der Waals surface area contributed by atoms with Gasteiger partial charge in [0.2, 0.25) is 0 Å². The zero-order valence-electron chi connectivity index (χ0n) is 29.9. The van der Waals surface area contributed by atoms with Crippen LogP contribution in [0.15, 0.2) is 176 Å². The average molecular weight is 676 g/mol. The highest BCUT2D eigenvalue weighted by atomic mass is 15.0. The summed E-state index contributed by atoms with van der Waals surface area (Å²) in [5.74, 6) is 0. The van der Waals surface area contributed by atoms with E-state index in [2.05, 4.69) is 194 Å². The van der Waals surface area contributed by atoms with E-state index in [-0.39, 0.29) is 5.41 Å². The number of benzene rings is 8. The Morgan fingerprint density at radius 3 is 1.75 bits per heavy atom. The minimum Gasteiger partial charge on any atom is -0.309 e. The second-order valence-corrected chi connectivity index (χ2v) is 15.3. The lowest BCUT2D eigenvalue weighted by atomic mass is 9.82. The average Bonchev–Trinajstić information content (AvgIpc) is 3.61. The molecule has 2 aliphatic rings. The van der Waals surface area contributed by atoms with Crippen LogP contribution >= 0.6 is 0 Å². The molecule has 53 heavy (non-hydrogen) atoms. The number of hydrogen-bond donors (Lipinski definition) is 0. The second-order valence-electron chi connectivity index (χ2n) is 15.3. The van der Waals surface area contributed by atoms with Gasteiger partial charge in [-0.3, -0.25) is 0 Å². The van der Waals surface area contributed by atoms with Gasteiger partial charge >= 0.3 is 0 Å². The molecule has 8 aromatic carbocycles. The molecule has 0 aliphatic heterocycles. The SMILES string of the molecule is CC1(C)c2ccccc2-c2c(-c3ccc4c(c3)-c3ccccc3-c3cc(-c5ccc6c(c5)c5ccccc5n6-c5ccccc5)ccc3C4)cccc21. The van der Waals surface area contributed by atoms with Gasteiger partial charge in [-0.15, -0.1) is 0 Å². The zero-order chi connectivity index (χ0) is 35.3. The predicted octanol–water partition coefficient (Wildman–Crippen LogP) is 13.7. The van der Waals surface area contributed by atoms with Crippen LogP contribution < -0.4 is 0 Å². The van der Waals surface area contributed by atoms with Crippen molar-refractivity contribution >= 4 is 21.8 Å². The molecule has 0 saturated heterocycles. The Kier molecular flexibility index (Phi) is 6.43. The van der Waals surface area contributed by atoms with E-state index in [1.165, 1.54) is 105 Å². The third kappa shape index (κ3) is 4.44. The molecular formula is C52H37N. The molecule has 11 rings (SSSR count). The quantitative estimate of drug-likeness (QED) is 0.176. The fourth-order valence-corrected chi connectivity index (χ4v) is 9.47. The largest absolute Gasteiger partial charge is 0.309 e. The lowest BCUT2D eigenvalue weighted by Crippen LogP contribution is -2.14. The number of rotatable bonds is 3. The molecule has 1 nitrogen and oxygen atoms in total. The Bertz CT molecular complexity index is 2940. The first kappa shape index (κ1) is 30.2. The van der Waals surface area contributed by atoms with E-state index >= 15 is 0 Å². The van der Waals surface area contributed by atoms with Crippen molar-refractivity contribution < 1.29 is 0 Å². The van der Waals surface area contributed by atoms with E-state index < -0.39 is 0 Å². The summed E-state index contributed by atoms with van der Waals surface area (Å²) >= 11 is 0. The molecule has 0 saturated carbocycles. The van der Waals surface area contributed by atoms with Gasteiger partial charge in [0.1, 0.15) is 0 Å². The summed E-state index contributed by atoms with van der Waals surface area (Å²) in [6, 6.07) is 65.6. The summed E-state index contributed by atoms with van der Waals surface area (Å²) in [6.45, 7) is 4.72. The molecule has 0 amide bonds. The number of nitrogens with zero attached hydrogens (tertiary/aromatic N) is 1. The molecule has 1 heteroatoms. The molecular weight excluding hydrogens is 639 g/mol. The summed E-state index contributed by atoms with van der Waals surface area (Å²) < 4.78 is 2.39. The van der Waals surface area contributed by atoms with E-state index in [0.29, 0.717) is 0 Å². The van der Waals surface area contributed by atoms with Crippen LogP contribution in [0.5, 0.6) is 0 Å². The van der Waals surface area contributed by atoms with Gasteiger partial charge in [-0.25, -0.2) is 0 Å². The molecule has 1 heterocycles.